The lowest BCUT2D eigenvalue weighted by Gasteiger charge is -2.18. The van der Waals surface area contributed by atoms with Crippen molar-refractivity contribution in [3.63, 3.8) is 0 Å². The number of ether oxygens (including phenoxy) is 1. The van der Waals surface area contributed by atoms with Crippen molar-refractivity contribution in [3.8, 4) is 11.5 Å². The van der Waals surface area contributed by atoms with E-state index >= 15 is 0 Å². The predicted molar refractivity (Wildman–Crippen MR) is 98.7 cm³/mol. The Kier molecular flexibility index (Phi) is 5.38. The maximum absolute atomic E-state index is 13.9. The SMILES string of the molecule is CCCCN(C)Cc1c(O)ccc2c1O/C(=C\c1ccccc1F)C2=O. The molecular formula is C21H22FNO3. The number of carbonyl (C=O) groups excluding carboxylic acids is 1. The van der Waals surface area contributed by atoms with Gasteiger partial charge in [0.25, 0.3) is 0 Å². The molecule has 0 radical (unpaired) electrons. The number of phenolic OH excluding ortho intramolecular Hbond substituents is 1. The van der Waals surface area contributed by atoms with Gasteiger partial charge in [-0.15, -0.1) is 0 Å². The topological polar surface area (TPSA) is 49.8 Å². The van der Waals surface area contributed by atoms with Crippen molar-refractivity contribution in [1.29, 1.82) is 0 Å². The zero-order valence-electron chi connectivity index (χ0n) is 15.0. The third kappa shape index (κ3) is 3.63. The smallest absolute Gasteiger partial charge is 0.231 e. The number of hydrogen-bond acceptors (Lipinski definition) is 4. The molecule has 3 rings (SSSR count). The molecule has 0 saturated carbocycles. The lowest BCUT2D eigenvalue weighted by Crippen LogP contribution is -2.19. The summed E-state index contributed by atoms with van der Waals surface area (Å²) in [5, 5.41) is 10.3. The Morgan fingerprint density at radius 3 is 2.73 bits per heavy atom. The lowest BCUT2D eigenvalue weighted by molar-refractivity contribution is 0.101. The molecule has 1 aliphatic heterocycles. The zero-order chi connectivity index (χ0) is 18.7. The quantitative estimate of drug-likeness (QED) is 0.781. The second-order valence-corrected chi connectivity index (χ2v) is 6.49. The van der Waals surface area contributed by atoms with Crippen molar-refractivity contribution in [2.45, 2.75) is 26.3 Å². The highest BCUT2D eigenvalue weighted by Gasteiger charge is 2.31. The highest BCUT2D eigenvalue weighted by molar-refractivity contribution is 6.15. The van der Waals surface area contributed by atoms with E-state index in [4.69, 9.17) is 4.74 Å². The summed E-state index contributed by atoms with van der Waals surface area (Å²) in [6, 6.07) is 9.26. The van der Waals surface area contributed by atoms with Crippen LogP contribution in [0.1, 0.15) is 41.3 Å². The van der Waals surface area contributed by atoms with Crippen molar-refractivity contribution in [1.82, 2.24) is 4.90 Å². The third-order valence-electron chi connectivity index (χ3n) is 4.43. The Balaban J connectivity index is 1.92. The fourth-order valence-corrected chi connectivity index (χ4v) is 2.96. The van der Waals surface area contributed by atoms with E-state index < -0.39 is 5.82 Å². The minimum absolute atomic E-state index is 0.0631. The van der Waals surface area contributed by atoms with Gasteiger partial charge in [-0.2, -0.15) is 0 Å². The van der Waals surface area contributed by atoms with Gasteiger partial charge in [0, 0.05) is 12.1 Å². The summed E-state index contributed by atoms with van der Waals surface area (Å²) in [5.74, 6) is -0.212. The van der Waals surface area contributed by atoms with Crippen LogP contribution in [-0.2, 0) is 6.54 Å². The van der Waals surface area contributed by atoms with Crippen molar-refractivity contribution in [2.75, 3.05) is 13.6 Å². The Morgan fingerprint density at radius 2 is 2.00 bits per heavy atom. The molecule has 0 aromatic heterocycles. The van der Waals surface area contributed by atoms with Crippen LogP contribution in [0.3, 0.4) is 0 Å². The Labute approximate surface area is 152 Å². The number of phenols is 1. The first-order valence-electron chi connectivity index (χ1n) is 8.73. The third-order valence-corrected chi connectivity index (χ3v) is 4.43. The van der Waals surface area contributed by atoms with E-state index in [2.05, 4.69) is 11.8 Å². The van der Waals surface area contributed by atoms with Gasteiger partial charge in [0.2, 0.25) is 5.78 Å². The second kappa shape index (κ2) is 7.70. The van der Waals surface area contributed by atoms with Crippen molar-refractivity contribution in [3.05, 3.63) is 64.7 Å². The van der Waals surface area contributed by atoms with Crippen molar-refractivity contribution < 1.29 is 19.0 Å². The van der Waals surface area contributed by atoms with E-state index in [0.717, 1.165) is 19.4 Å². The molecule has 5 heteroatoms. The van der Waals surface area contributed by atoms with Crippen LogP contribution < -0.4 is 4.74 Å². The number of unbranched alkanes of at least 4 members (excludes halogenated alkanes) is 1. The number of halogens is 1. The van der Waals surface area contributed by atoms with E-state index in [-0.39, 0.29) is 22.9 Å². The molecule has 0 aliphatic carbocycles. The minimum atomic E-state index is -0.422. The fourth-order valence-electron chi connectivity index (χ4n) is 2.96. The molecule has 1 aliphatic rings. The van der Waals surface area contributed by atoms with Gasteiger partial charge in [-0.25, -0.2) is 4.39 Å². The summed E-state index contributed by atoms with van der Waals surface area (Å²) in [6.45, 7) is 3.47. The molecule has 0 fully saturated rings. The Bertz CT molecular complexity index is 860. The van der Waals surface area contributed by atoms with Crippen LogP contribution in [0.5, 0.6) is 11.5 Å². The molecule has 0 saturated heterocycles. The number of ketones is 1. The van der Waals surface area contributed by atoms with Crippen LogP contribution in [-0.4, -0.2) is 29.4 Å². The molecular weight excluding hydrogens is 333 g/mol. The number of nitrogens with zero attached hydrogens (tertiary/aromatic N) is 1. The lowest BCUT2D eigenvalue weighted by atomic mass is 10.0. The van der Waals surface area contributed by atoms with Gasteiger partial charge >= 0.3 is 0 Å². The number of benzene rings is 2. The first kappa shape index (κ1) is 18.1. The summed E-state index contributed by atoms with van der Waals surface area (Å²) in [5.41, 5.74) is 1.25. The minimum Gasteiger partial charge on any atom is -0.507 e. The van der Waals surface area contributed by atoms with E-state index in [0.29, 0.717) is 23.4 Å². The van der Waals surface area contributed by atoms with Gasteiger partial charge in [0.1, 0.15) is 17.3 Å². The molecule has 0 amide bonds. The van der Waals surface area contributed by atoms with Gasteiger partial charge in [-0.1, -0.05) is 31.5 Å². The average Bonchev–Trinajstić information content (AvgIpc) is 2.94. The molecule has 0 unspecified atom stereocenters. The molecule has 1 N–H and O–H groups in total. The monoisotopic (exact) mass is 355 g/mol. The molecule has 4 nitrogen and oxygen atoms in total. The summed E-state index contributed by atoms with van der Waals surface area (Å²) in [4.78, 5) is 14.7. The molecule has 1 heterocycles. The average molecular weight is 355 g/mol. The van der Waals surface area contributed by atoms with Crippen LogP contribution in [0, 0.1) is 5.82 Å². The Hall–Kier alpha value is -2.66. The number of aromatic hydroxyl groups is 1. The first-order chi connectivity index (χ1) is 12.5. The number of rotatable bonds is 6. The number of fused-ring (bicyclic) bond motifs is 1. The van der Waals surface area contributed by atoms with Crippen LogP contribution in [0.4, 0.5) is 4.39 Å². The van der Waals surface area contributed by atoms with E-state index in [9.17, 15) is 14.3 Å². The highest BCUT2D eigenvalue weighted by atomic mass is 19.1. The standard InChI is InChI=1S/C21H22FNO3/c1-3-4-11-23(2)13-16-18(24)10-9-15-20(25)19(26-21(15)16)12-14-7-5-6-8-17(14)22/h5-10,12,24H,3-4,11,13H2,1-2H3/b19-12-. The van der Waals surface area contributed by atoms with Gasteiger partial charge in [0.15, 0.2) is 5.76 Å². The molecule has 2 aromatic carbocycles. The maximum atomic E-state index is 13.9. The second-order valence-electron chi connectivity index (χ2n) is 6.49. The Morgan fingerprint density at radius 1 is 1.23 bits per heavy atom. The van der Waals surface area contributed by atoms with Crippen LogP contribution >= 0.6 is 0 Å². The molecule has 26 heavy (non-hydrogen) atoms. The predicted octanol–water partition coefficient (Wildman–Crippen LogP) is 4.38. The number of carbonyl (C=O) groups is 1. The highest BCUT2D eigenvalue weighted by Crippen LogP contribution is 2.40. The van der Waals surface area contributed by atoms with E-state index in [1.807, 2.05) is 7.05 Å². The maximum Gasteiger partial charge on any atom is 0.231 e. The molecule has 0 spiro atoms. The van der Waals surface area contributed by atoms with Gasteiger partial charge in [-0.3, -0.25) is 4.79 Å². The fraction of sp³-hybridized carbons (Fsp3) is 0.286. The number of hydrogen-bond donors (Lipinski definition) is 1. The molecule has 0 bridgehead atoms. The van der Waals surface area contributed by atoms with Gasteiger partial charge in [0.05, 0.1) is 11.1 Å². The molecule has 136 valence electrons. The summed E-state index contributed by atoms with van der Waals surface area (Å²) >= 11 is 0. The van der Waals surface area contributed by atoms with Crippen LogP contribution in [0.25, 0.3) is 6.08 Å². The first-order valence-corrected chi connectivity index (χ1v) is 8.73. The van der Waals surface area contributed by atoms with Crippen molar-refractivity contribution in [2.24, 2.45) is 0 Å². The molecule has 2 aromatic rings. The number of Topliss-reactive ketones (excluding diaryl/α,β-unsaturated/α-hetero) is 1. The normalized spacial score (nSPS) is 14.8. The van der Waals surface area contributed by atoms with Gasteiger partial charge in [-0.05, 0) is 44.3 Å². The number of allylic oxidation sites excluding steroid dienone is 1. The van der Waals surface area contributed by atoms with Crippen LogP contribution in [0.2, 0.25) is 0 Å². The van der Waals surface area contributed by atoms with E-state index in [1.165, 1.54) is 18.2 Å². The van der Waals surface area contributed by atoms with E-state index in [1.54, 1.807) is 24.3 Å². The van der Waals surface area contributed by atoms with Crippen molar-refractivity contribution >= 4 is 11.9 Å². The van der Waals surface area contributed by atoms with Gasteiger partial charge < -0.3 is 14.7 Å². The summed E-state index contributed by atoms with van der Waals surface area (Å²) in [6.07, 6.45) is 3.53. The zero-order valence-corrected chi connectivity index (χ0v) is 15.0. The largest absolute Gasteiger partial charge is 0.507 e. The van der Waals surface area contributed by atoms with Crippen LogP contribution in [0.15, 0.2) is 42.2 Å². The summed E-state index contributed by atoms with van der Waals surface area (Å²) in [7, 11) is 1.96. The molecule has 0 atom stereocenters. The summed E-state index contributed by atoms with van der Waals surface area (Å²) < 4.78 is 19.6.